The number of pyridine rings is 1. The Balaban J connectivity index is 3.34. The zero-order valence-corrected chi connectivity index (χ0v) is 12.8. The first kappa shape index (κ1) is 15.1. The zero-order valence-electron chi connectivity index (χ0n) is 11.8. The molecule has 0 saturated heterocycles. The first-order valence-electron chi connectivity index (χ1n) is 5.74. The van der Waals surface area contributed by atoms with Crippen molar-refractivity contribution in [3.8, 4) is 17.3 Å². The standard InChI is InChI=1S/C13H18N2O3Si/c1-17-12-10(13(16)18-2)8-9(11(14)15-12)6-7-19(3,4)5/h8H,1-5H3,(H2,14,15). The number of anilines is 1. The van der Waals surface area contributed by atoms with E-state index in [4.69, 9.17) is 10.5 Å². The number of methoxy groups -OCH3 is 2. The summed E-state index contributed by atoms with van der Waals surface area (Å²) in [5, 5.41) is 0. The van der Waals surface area contributed by atoms with Crippen LogP contribution in [0.4, 0.5) is 5.82 Å². The zero-order chi connectivity index (χ0) is 14.6. The van der Waals surface area contributed by atoms with Gasteiger partial charge in [-0.2, -0.15) is 4.98 Å². The summed E-state index contributed by atoms with van der Waals surface area (Å²) in [7, 11) is 1.19. The van der Waals surface area contributed by atoms with Crippen molar-refractivity contribution in [2.24, 2.45) is 0 Å². The molecule has 0 spiro atoms. The van der Waals surface area contributed by atoms with Crippen LogP contribution in [-0.4, -0.2) is 33.2 Å². The van der Waals surface area contributed by atoms with E-state index in [1.807, 2.05) is 0 Å². The van der Waals surface area contributed by atoms with Crippen molar-refractivity contribution < 1.29 is 14.3 Å². The SMILES string of the molecule is COC(=O)c1cc(C#C[Si](C)(C)C)c(N)nc1OC. The lowest BCUT2D eigenvalue weighted by molar-refractivity contribution is 0.0596. The highest BCUT2D eigenvalue weighted by Crippen LogP contribution is 2.21. The Morgan fingerprint density at radius 1 is 1.37 bits per heavy atom. The fourth-order valence-electron chi connectivity index (χ4n) is 1.28. The molecule has 0 aliphatic carbocycles. The number of nitrogens with zero attached hydrogens (tertiary/aromatic N) is 1. The molecule has 0 radical (unpaired) electrons. The first-order valence-corrected chi connectivity index (χ1v) is 9.24. The number of ether oxygens (including phenoxy) is 2. The maximum absolute atomic E-state index is 11.6. The number of nitrogen functional groups attached to an aromatic ring is 1. The van der Waals surface area contributed by atoms with Crippen molar-refractivity contribution in [3.63, 3.8) is 0 Å². The fraction of sp³-hybridized carbons (Fsp3) is 0.385. The molecule has 0 unspecified atom stereocenters. The number of hydrogen-bond donors (Lipinski definition) is 1. The van der Waals surface area contributed by atoms with E-state index in [2.05, 4.69) is 40.8 Å². The molecule has 0 atom stereocenters. The largest absolute Gasteiger partial charge is 0.480 e. The molecule has 5 nitrogen and oxygen atoms in total. The van der Waals surface area contributed by atoms with Gasteiger partial charge in [0.25, 0.3) is 0 Å². The number of aromatic nitrogens is 1. The highest BCUT2D eigenvalue weighted by atomic mass is 28.3. The third-order valence-electron chi connectivity index (χ3n) is 2.19. The number of hydrogen-bond acceptors (Lipinski definition) is 5. The van der Waals surface area contributed by atoms with Crippen molar-refractivity contribution in [2.75, 3.05) is 20.0 Å². The second-order valence-electron chi connectivity index (χ2n) is 4.97. The Bertz CT molecular complexity index is 553. The van der Waals surface area contributed by atoms with Gasteiger partial charge in [0.05, 0.1) is 19.8 Å². The molecule has 19 heavy (non-hydrogen) atoms. The molecule has 1 aromatic heterocycles. The molecule has 0 amide bonds. The van der Waals surface area contributed by atoms with Gasteiger partial charge in [0.15, 0.2) is 0 Å². The molecule has 0 saturated carbocycles. The average molecular weight is 278 g/mol. The lowest BCUT2D eigenvalue weighted by Crippen LogP contribution is -2.16. The van der Waals surface area contributed by atoms with Crippen LogP contribution < -0.4 is 10.5 Å². The van der Waals surface area contributed by atoms with Crippen LogP contribution >= 0.6 is 0 Å². The summed E-state index contributed by atoms with van der Waals surface area (Å²) in [6.45, 7) is 6.36. The molecule has 0 aliphatic rings. The molecule has 6 heteroatoms. The maximum atomic E-state index is 11.6. The quantitative estimate of drug-likeness (QED) is 0.506. The van der Waals surface area contributed by atoms with Crippen LogP contribution in [0.2, 0.25) is 19.6 Å². The van der Waals surface area contributed by atoms with Crippen molar-refractivity contribution in [1.82, 2.24) is 4.98 Å². The lowest BCUT2D eigenvalue weighted by Gasteiger charge is -2.08. The second kappa shape index (κ2) is 5.76. The van der Waals surface area contributed by atoms with E-state index in [0.29, 0.717) is 5.56 Å². The smallest absolute Gasteiger partial charge is 0.343 e. The predicted molar refractivity (Wildman–Crippen MR) is 76.8 cm³/mol. The lowest BCUT2D eigenvalue weighted by atomic mass is 10.2. The van der Waals surface area contributed by atoms with Crippen LogP contribution in [0.15, 0.2) is 6.07 Å². The topological polar surface area (TPSA) is 74.4 Å². The van der Waals surface area contributed by atoms with Gasteiger partial charge in [0, 0.05) is 0 Å². The van der Waals surface area contributed by atoms with Crippen LogP contribution in [0.1, 0.15) is 15.9 Å². The van der Waals surface area contributed by atoms with Gasteiger partial charge >= 0.3 is 5.97 Å². The van der Waals surface area contributed by atoms with Gasteiger partial charge in [-0.15, -0.1) is 5.54 Å². The van der Waals surface area contributed by atoms with E-state index < -0.39 is 14.0 Å². The summed E-state index contributed by atoms with van der Waals surface area (Å²) < 4.78 is 9.70. The van der Waals surface area contributed by atoms with E-state index >= 15 is 0 Å². The van der Waals surface area contributed by atoms with Gasteiger partial charge in [-0.1, -0.05) is 25.6 Å². The van der Waals surface area contributed by atoms with Gasteiger partial charge in [-0.05, 0) is 6.07 Å². The summed E-state index contributed by atoms with van der Waals surface area (Å²) in [5.74, 6) is 2.84. The highest BCUT2D eigenvalue weighted by Gasteiger charge is 2.17. The number of esters is 1. The Kier molecular flexibility index (Phi) is 4.56. The Morgan fingerprint density at radius 2 is 2.00 bits per heavy atom. The summed E-state index contributed by atoms with van der Waals surface area (Å²) in [6.07, 6.45) is 0. The molecule has 1 aromatic rings. The monoisotopic (exact) mass is 278 g/mol. The minimum Gasteiger partial charge on any atom is -0.480 e. The first-order chi connectivity index (χ1) is 8.78. The van der Waals surface area contributed by atoms with Gasteiger partial charge in [0.1, 0.15) is 19.5 Å². The van der Waals surface area contributed by atoms with Crippen molar-refractivity contribution in [3.05, 3.63) is 17.2 Å². The molecule has 0 fully saturated rings. The Morgan fingerprint density at radius 3 is 2.47 bits per heavy atom. The van der Waals surface area contributed by atoms with Crippen LogP contribution in [0.5, 0.6) is 5.88 Å². The maximum Gasteiger partial charge on any atom is 0.343 e. The van der Waals surface area contributed by atoms with E-state index in [-0.39, 0.29) is 17.3 Å². The molecule has 0 aliphatic heterocycles. The number of rotatable bonds is 2. The second-order valence-corrected chi connectivity index (χ2v) is 9.72. The van der Waals surface area contributed by atoms with Crippen LogP contribution in [0, 0.1) is 11.5 Å². The number of carbonyl (C=O) groups is 1. The molecular weight excluding hydrogens is 260 g/mol. The molecule has 1 rings (SSSR count). The van der Waals surface area contributed by atoms with E-state index in [1.54, 1.807) is 6.07 Å². The molecule has 0 bridgehead atoms. The Labute approximate surface area is 114 Å². The van der Waals surface area contributed by atoms with Crippen LogP contribution in [0.25, 0.3) is 0 Å². The predicted octanol–water partition coefficient (Wildman–Crippen LogP) is 1.69. The summed E-state index contributed by atoms with van der Waals surface area (Å²) in [6, 6.07) is 1.56. The minimum absolute atomic E-state index is 0.142. The normalized spacial score (nSPS) is 10.4. The molecular formula is C13H18N2O3Si. The van der Waals surface area contributed by atoms with Crippen molar-refractivity contribution >= 4 is 19.9 Å². The van der Waals surface area contributed by atoms with E-state index in [1.165, 1.54) is 14.2 Å². The van der Waals surface area contributed by atoms with E-state index in [0.717, 1.165) is 0 Å². The van der Waals surface area contributed by atoms with Gasteiger partial charge in [-0.25, -0.2) is 4.79 Å². The van der Waals surface area contributed by atoms with Crippen molar-refractivity contribution in [2.45, 2.75) is 19.6 Å². The third kappa shape index (κ3) is 4.00. The van der Waals surface area contributed by atoms with Gasteiger partial charge < -0.3 is 15.2 Å². The third-order valence-corrected chi connectivity index (χ3v) is 3.06. The average Bonchev–Trinajstić information content (AvgIpc) is 2.34. The fourth-order valence-corrected chi connectivity index (χ4v) is 1.79. The number of nitrogens with two attached hydrogens (primary N) is 1. The van der Waals surface area contributed by atoms with Crippen molar-refractivity contribution in [1.29, 1.82) is 0 Å². The summed E-state index contributed by atoms with van der Waals surface area (Å²) in [5.41, 5.74) is 9.72. The van der Waals surface area contributed by atoms with Crippen LogP contribution in [-0.2, 0) is 4.74 Å². The molecule has 2 N–H and O–H groups in total. The minimum atomic E-state index is -1.53. The molecule has 1 heterocycles. The van der Waals surface area contributed by atoms with Crippen LogP contribution in [0.3, 0.4) is 0 Å². The highest BCUT2D eigenvalue weighted by molar-refractivity contribution is 6.83. The number of carbonyl (C=O) groups excluding carboxylic acids is 1. The summed E-state index contributed by atoms with van der Waals surface area (Å²) >= 11 is 0. The molecule has 0 aromatic carbocycles. The van der Waals surface area contributed by atoms with Gasteiger partial charge in [-0.3, -0.25) is 0 Å². The Hall–Kier alpha value is -2.00. The van der Waals surface area contributed by atoms with E-state index in [9.17, 15) is 4.79 Å². The van der Waals surface area contributed by atoms with Gasteiger partial charge in [0.2, 0.25) is 5.88 Å². The molecule has 102 valence electrons. The summed E-state index contributed by atoms with van der Waals surface area (Å²) in [4.78, 5) is 15.7.